The van der Waals surface area contributed by atoms with Crippen molar-refractivity contribution in [3.8, 4) is 0 Å². The number of thiazole rings is 1. The predicted octanol–water partition coefficient (Wildman–Crippen LogP) is 3.79. The van der Waals surface area contributed by atoms with Crippen LogP contribution in [-0.4, -0.2) is 28.1 Å². The molecular formula is C14H13N3S2. The van der Waals surface area contributed by atoms with Gasteiger partial charge in [0.25, 0.3) is 0 Å². The van der Waals surface area contributed by atoms with Crippen LogP contribution in [0.2, 0.25) is 0 Å². The van der Waals surface area contributed by atoms with Gasteiger partial charge in [-0.15, -0.1) is 11.3 Å². The summed E-state index contributed by atoms with van der Waals surface area (Å²) in [5, 5.41) is 4.45. The summed E-state index contributed by atoms with van der Waals surface area (Å²) in [5.41, 5.74) is 2.32. The van der Waals surface area contributed by atoms with E-state index in [9.17, 15) is 0 Å². The fourth-order valence-corrected chi connectivity index (χ4v) is 4.39. The van der Waals surface area contributed by atoms with Gasteiger partial charge in [-0.05, 0) is 25.0 Å². The maximum Gasteiger partial charge on any atom is 0.168 e. The molecule has 96 valence electrons. The first-order valence-corrected chi connectivity index (χ1v) is 8.16. The van der Waals surface area contributed by atoms with Gasteiger partial charge < -0.3 is 4.90 Å². The molecule has 0 atom stereocenters. The third kappa shape index (κ3) is 1.97. The second-order valence-electron chi connectivity index (χ2n) is 4.63. The van der Waals surface area contributed by atoms with Gasteiger partial charge >= 0.3 is 0 Å². The minimum absolute atomic E-state index is 0.958. The fraction of sp³-hybridized carbons (Fsp3) is 0.286. The number of rotatable bonds is 1. The Morgan fingerprint density at radius 2 is 2.11 bits per heavy atom. The lowest BCUT2D eigenvalue weighted by molar-refractivity contribution is 0.571. The maximum atomic E-state index is 4.76. The van der Waals surface area contributed by atoms with Gasteiger partial charge in [0.05, 0.1) is 15.9 Å². The molecule has 0 saturated carbocycles. The van der Waals surface area contributed by atoms with Crippen molar-refractivity contribution in [3.05, 3.63) is 34.7 Å². The molecule has 3 nitrogen and oxygen atoms in total. The summed E-state index contributed by atoms with van der Waals surface area (Å²) in [5.74, 6) is 0. The van der Waals surface area contributed by atoms with E-state index in [1.807, 2.05) is 6.07 Å². The van der Waals surface area contributed by atoms with Crippen LogP contribution in [0.4, 0.5) is 0 Å². The normalized spacial score (nSPS) is 19.1. The summed E-state index contributed by atoms with van der Waals surface area (Å²) >= 11 is 3.50. The molecule has 0 saturated heterocycles. The Bertz CT molecular complexity index is 654. The molecule has 19 heavy (non-hydrogen) atoms. The van der Waals surface area contributed by atoms with Gasteiger partial charge in [-0.25, -0.2) is 4.98 Å². The maximum absolute atomic E-state index is 4.76. The molecule has 5 heteroatoms. The van der Waals surface area contributed by atoms with E-state index in [2.05, 4.69) is 33.5 Å². The van der Waals surface area contributed by atoms with Crippen molar-refractivity contribution in [1.82, 2.24) is 9.88 Å². The molecule has 1 aromatic carbocycles. The molecule has 0 N–H and O–H groups in total. The number of hydrogen-bond acceptors (Lipinski definition) is 5. The average molecular weight is 287 g/mol. The van der Waals surface area contributed by atoms with E-state index in [1.165, 1.54) is 23.2 Å². The smallest absolute Gasteiger partial charge is 0.168 e. The Labute approximate surface area is 120 Å². The Kier molecular flexibility index (Phi) is 2.81. The van der Waals surface area contributed by atoms with Gasteiger partial charge in [0.2, 0.25) is 0 Å². The van der Waals surface area contributed by atoms with Crippen molar-refractivity contribution >= 4 is 44.2 Å². The third-order valence-corrected chi connectivity index (χ3v) is 5.31. The van der Waals surface area contributed by atoms with Gasteiger partial charge in [-0.3, -0.25) is 4.99 Å². The van der Waals surface area contributed by atoms with Crippen molar-refractivity contribution in [2.45, 2.75) is 12.8 Å². The minimum atomic E-state index is 0.958. The number of aromatic nitrogens is 1. The molecule has 3 heterocycles. The van der Waals surface area contributed by atoms with E-state index < -0.39 is 0 Å². The first-order chi connectivity index (χ1) is 9.42. The molecule has 2 aromatic rings. The number of hydrogen-bond donors (Lipinski definition) is 0. The van der Waals surface area contributed by atoms with Crippen LogP contribution in [0.1, 0.15) is 17.8 Å². The highest BCUT2D eigenvalue weighted by molar-refractivity contribution is 8.16. The Balaban J connectivity index is 1.75. The number of fused-ring (bicyclic) bond motifs is 2. The van der Waals surface area contributed by atoms with Crippen LogP contribution in [0, 0.1) is 0 Å². The molecular weight excluding hydrogens is 274 g/mol. The SMILES string of the molecule is C1=C(c2nc3ccccc3s2)N2CCCCN=C2S1. The summed E-state index contributed by atoms with van der Waals surface area (Å²) in [6, 6.07) is 8.33. The highest BCUT2D eigenvalue weighted by atomic mass is 32.2. The quantitative estimate of drug-likeness (QED) is 0.799. The van der Waals surface area contributed by atoms with Crippen LogP contribution in [0.5, 0.6) is 0 Å². The lowest BCUT2D eigenvalue weighted by Crippen LogP contribution is -2.23. The van der Waals surface area contributed by atoms with Crippen LogP contribution in [-0.2, 0) is 0 Å². The second-order valence-corrected chi connectivity index (χ2v) is 6.50. The van der Waals surface area contributed by atoms with Crippen molar-refractivity contribution < 1.29 is 0 Å². The van der Waals surface area contributed by atoms with E-state index in [0.29, 0.717) is 0 Å². The van der Waals surface area contributed by atoms with Crippen molar-refractivity contribution in [2.24, 2.45) is 4.99 Å². The molecule has 2 aliphatic heterocycles. The van der Waals surface area contributed by atoms with E-state index in [-0.39, 0.29) is 0 Å². The van der Waals surface area contributed by atoms with E-state index >= 15 is 0 Å². The van der Waals surface area contributed by atoms with Crippen LogP contribution >= 0.6 is 23.1 Å². The van der Waals surface area contributed by atoms with Gasteiger partial charge in [0.1, 0.15) is 5.01 Å². The molecule has 0 spiro atoms. The first kappa shape index (κ1) is 11.5. The van der Waals surface area contributed by atoms with Gasteiger partial charge in [0.15, 0.2) is 5.17 Å². The van der Waals surface area contributed by atoms with Gasteiger partial charge in [-0.2, -0.15) is 0 Å². The zero-order chi connectivity index (χ0) is 12.7. The predicted molar refractivity (Wildman–Crippen MR) is 83.4 cm³/mol. The summed E-state index contributed by atoms with van der Waals surface area (Å²) < 4.78 is 1.25. The average Bonchev–Trinajstić information content (AvgIpc) is 2.96. The van der Waals surface area contributed by atoms with Crippen molar-refractivity contribution in [2.75, 3.05) is 13.1 Å². The summed E-state index contributed by atoms with van der Waals surface area (Å²) in [7, 11) is 0. The third-order valence-electron chi connectivity index (χ3n) is 3.35. The number of aliphatic imine (C=N–C) groups is 1. The molecule has 1 aromatic heterocycles. The van der Waals surface area contributed by atoms with E-state index in [4.69, 9.17) is 4.98 Å². The van der Waals surface area contributed by atoms with E-state index in [1.54, 1.807) is 23.1 Å². The van der Waals surface area contributed by atoms with Crippen LogP contribution < -0.4 is 0 Å². The zero-order valence-electron chi connectivity index (χ0n) is 10.4. The topological polar surface area (TPSA) is 28.5 Å². The molecule has 0 bridgehead atoms. The lowest BCUT2D eigenvalue weighted by Gasteiger charge is -2.18. The highest BCUT2D eigenvalue weighted by Crippen LogP contribution is 2.37. The number of nitrogens with zero attached hydrogens (tertiary/aromatic N) is 3. The first-order valence-electron chi connectivity index (χ1n) is 6.46. The van der Waals surface area contributed by atoms with Crippen molar-refractivity contribution in [1.29, 1.82) is 0 Å². The standard InChI is InChI=1S/C14H13N3S2/c1-2-6-12-10(5-1)16-13(19-12)11-9-18-14-15-7-3-4-8-17(11)14/h1-2,5-6,9H,3-4,7-8H2. The number of thioether (sulfide) groups is 1. The Morgan fingerprint density at radius 1 is 1.16 bits per heavy atom. The van der Waals surface area contributed by atoms with E-state index in [0.717, 1.165) is 28.8 Å². The molecule has 2 aliphatic rings. The zero-order valence-corrected chi connectivity index (χ0v) is 12.0. The van der Waals surface area contributed by atoms with Crippen LogP contribution in [0.3, 0.4) is 0 Å². The van der Waals surface area contributed by atoms with Gasteiger partial charge in [-0.1, -0.05) is 23.9 Å². The molecule has 0 radical (unpaired) electrons. The summed E-state index contributed by atoms with van der Waals surface area (Å²) in [6.45, 7) is 2.02. The summed E-state index contributed by atoms with van der Waals surface area (Å²) in [4.78, 5) is 11.7. The van der Waals surface area contributed by atoms with Gasteiger partial charge in [0, 0.05) is 18.5 Å². The number of benzene rings is 1. The Hall–Kier alpha value is -1.33. The second kappa shape index (κ2) is 4.65. The highest BCUT2D eigenvalue weighted by Gasteiger charge is 2.26. The molecule has 0 fully saturated rings. The lowest BCUT2D eigenvalue weighted by atomic mass is 10.3. The van der Waals surface area contributed by atoms with Crippen LogP contribution in [0.15, 0.2) is 34.7 Å². The molecule has 0 unspecified atom stereocenters. The molecule has 4 rings (SSSR count). The fourth-order valence-electron chi connectivity index (χ4n) is 2.38. The largest absolute Gasteiger partial charge is 0.318 e. The Morgan fingerprint density at radius 3 is 3.05 bits per heavy atom. The molecule has 0 aliphatic carbocycles. The molecule has 0 amide bonds. The minimum Gasteiger partial charge on any atom is -0.318 e. The monoisotopic (exact) mass is 287 g/mol. The van der Waals surface area contributed by atoms with Crippen LogP contribution in [0.25, 0.3) is 15.9 Å². The van der Waals surface area contributed by atoms with Crippen molar-refractivity contribution in [3.63, 3.8) is 0 Å². The number of amidine groups is 1. The number of para-hydroxylation sites is 1. The summed E-state index contributed by atoms with van der Waals surface area (Å²) in [6.07, 6.45) is 2.39.